The first-order valence-electron chi connectivity index (χ1n) is 6.76. The molecule has 0 bridgehead atoms. The monoisotopic (exact) mass is 375 g/mol. The van der Waals surface area contributed by atoms with Crippen molar-refractivity contribution in [2.45, 2.75) is 6.42 Å². The Morgan fingerprint density at radius 2 is 2.09 bits per heavy atom. The lowest BCUT2D eigenvalue weighted by Crippen LogP contribution is -1.97. The number of carboxylic acids is 1. The molecule has 0 atom stereocenters. The van der Waals surface area contributed by atoms with Gasteiger partial charge in [0, 0.05) is 5.57 Å². The van der Waals surface area contributed by atoms with Crippen molar-refractivity contribution in [3.63, 3.8) is 0 Å². The van der Waals surface area contributed by atoms with E-state index in [1.165, 1.54) is 6.07 Å². The van der Waals surface area contributed by atoms with Gasteiger partial charge < -0.3 is 9.52 Å². The highest BCUT2D eigenvalue weighted by atomic mass is 79.9. The van der Waals surface area contributed by atoms with Crippen molar-refractivity contribution in [2.75, 3.05) is 0 Å². The summed E-state index contributed by atoms with van der Waals surface area (Å²) in [6.07, 6.45) is 1.38. The number of aliphatic carboxylic acids is 1. The molecule has 3 rings (SSSR count). The first kappa shape index (κ1) is 15.4. The highest BCUT2D eigenvalue weighted by Gasteiger charge is 2.14. The smallest absolute Gasteiger partial charge is 0.308 e. The third-order valence-corrected chi connectivity index (χ3v) is 3.80. The van der Waals surface area contributed by atoms with Crippen molar-refractivity contribution >= 4 is 44.6 Å². The molecule has 0 radical (unpaired) electrons. The molecule has 0 aliphatic heterocycles. The molecule has 0 unspecified atom stereocenters. The minimum atomic E-state index is -1.00. The molecule has 0 saturated carbocycles. The molecular weight excluding hydrogens is 365 g/mol. The van der Waals surface area contributed by atoms with Crippen molar-refractivity contribution in [3.8, 4) is 0 Å². The van der Waals surface area contributed by atoms with Gasteiger partial charge in [0.25, 0.3) is 0 Å². The van der Waals surface area contributed by atoms with E-state index < -0.39 is 5.97 Å². The molecule has 116 valence electrons. The molecule has 0 amide bonds. The van der Waals surface area contributed by atoms with Gasteiger partial charge in [-0.25, -0.2) is 9.37 Å². The van der Waals surface area contributed by atoms with Crippen LogP contribution in [0.15, 0.2) is 51.4 Å². The maximum absolute atomic E-state index is 13.3. The third-order valence-electron chi connectivity index (χ3n) is 3.19. The summed E-state index contributed by atoms with van der Waals surface area (Å²) in [5, 5.41) is 9.12. The lowest BCUT2D eigenvalue weighted by Gasteiger charge is -2.02. The van der Waals surface area contributed by atoms with Crippen molar-refractivity contribution < 1.29 is 18.7 Å². The minimum Gasteiger partial charge on any atom is -0.481 e. The average molecular weight is 376 g/mol. The van der Waals surface area contributed by atoms with Crippen LogP contribution < -0.4 is 0 Å². The number of fused-ring (bicyclic) bond motifs is 1. The molecule has 1 aromatic heterocycles. The van der Waals surface area contributed by atoms with E-state index in [4.69, 9.17) is 9.52 Å². The zero-order valence-electron chi connectivity index (χ0n) is 11.8. The predicted octanol–water partition coefficient (Wildman–Crippen LogP) is 4.74. The number of para-hydroxylation sites is 2. The summed E-state index contributed by atoms with van der Waals surface area (Å²) in [5.74, 6) is -1.14. The van der Waals surface area contributed by atoms with Gasteiger partial charge in [-0.2, -0.15) is 0 Å². The standard InChI is InChI=1S/C17H11BrFNO3/c18-12-8-10(5-6-13(12)19)7-11(9-16(21)22)17-20-14-3-1-2-4-15(14)23-17/h1-8H,9H2,(H,21,22)/b11-7-. The van der Waals surface area contributed by atoms with Crippen LogP contribution in [-0.4, -0.2) is 16.1 Å². The van der Waals surface area contributed by atoms with E-state index in [1.54, 1.807) is 30.3 Å². The fourth-order valence-electron chi connectivity index (χ4n) is 2.16. The summed E-state index contributed by atoms with van der Waals surface area (Å²) in [6, 6.07) is 11.6. The Balaban J connectivity index is 2.07. The maximum Gasteiger partial charge on any atom is 0.308 e. The van der Waals surface area contributed by atoms with Crippen LogP contribution in [0.25, 0.3) is 22.7 Å². The van der Waals surface area contributed by atoms with Gasteiger partial charge in [-0.1, -0.05) is 18.2 Å². The summed E-state index contributed by atoms with van der Waals surface area (Å²) in [5.41, 5.74) is 2.29. The Morgan fingerprint density at radius 1 is 1.30 bits per heavy atom. The molecule has 4 nitrogen and oxygen atoms in total. The van der Waals surface area contributed by atoms with E-state index >= 15 is 0 Å². The van der Waals surface area contributed by atoms with Crippen LogP contribution in [0.2, 0.25) is 0 Å². The first-order chi connectivity index (χ1) is 11.0. The van der Waals surface area contributed by atoms with E-state index in [2.05, 4.69) is 20.9 Å². The molecule has 0 fully saturated rings. The molecular formula is C17H11BrFNO3. The van der Waals surface area contributed by atoms with Crippen molar-refractivity contribution in [1.82, 2.24) is 4.98 Å². The number of oxazole rings is 1. The average Bonchev–Trinajstić information content (AvgIpc) is 2.94. The van der Waals surface area contributed by atoms with Gasteiger partial charge in [0.1, 0.15) is 11.3 Å². The topological polar surface area (TPSA) is 63.3 Å². The Kier molecular flexibility index (Phi) is 4.25. The fourth-order valence-corrected chi connectivity index (χ4v) is 2.56. The van der Waals surface area contributed by atoms with Crippen LogP contribution in [-0.2, 0) is 4.79 Å². The molecule has 3 aromatic rings. The quantitative estimate of drug-likeness (QED) is 0.714. The van der Waals surface area contributed by atoms with E-state index in [0.717, 1.165) is 0 Å². The van der Waals surface area contributed by atoms with Crippen LogP contribution in [0.4, 0.5) is 4.39 Å². The van der Waals surface area contributed by atoms with Gasteiger partial charge in [0.2, 0.25) is 5.89 Å². The van der Waals surface area contributed by atoms with Crippen LogP contribution in [0.3, 0.4) is 0 Å². The molecule has 0 aliphatic carbocycles. The van der Waals surface area contributed by atoms with Gasteiger partial charge >= 0.3 is 5.97 Å². The first-order valence-corrected chi connectivity index (χ1v) is 7.55. The molecule has 0 spiro atoms. The lowest BCUT2D eigenvalue weighted by atomic mass is 10.1. The highest BCUT2D eigenvalue weighted by molar-refractivity contribution is 9.10. The zero-order chi connectivity index (χ0) is 16.4. The van der Waals surface area contributed by atoms with Gasteiger partial charge in [0.15, 0.2) is 5.58 Å². The van der Waals surface area contributed by atoms with E-state index in [1.807, 2.05) is 12.1 Å². The molecule has 1 N–H and O–H groups in total. The van der Waals surface area contributed by atoms with Crippen molar-refractivity contribution in [2.24, 2.45) is 0 Å². The second kappa shape index (κ2) is 6.34. The number of hydrogen-bond acceptors (Lipinski definition) is 3. The lowest BCUT2D eigenvalue weighted by molar-refractivity contribution is -0.135. The third kappa shape index (κ3) is 3.48. The molecule has 0 aliphatic rings. The number of aromatic nitrogens is 1. The zero-order valence-corrected chi connectivity index (χ0v) is 13.4. The molecule has 6 heteroatoms. The van der Waals surface area contributed by atoms with E-state index in [0.29, 0.717) is 26.7 Å². The Bertz CT molecular complexity index is 884. The Hall–Kier alpha value is -2.47. The van der Waals surface area contributed by atoms with E-state index in [9.17, 15) is 9.18 Å². The van der Waals surface area contributed by atoms with Crippen molar-refractivity contribution in [1.29, 1.82) is 0 Å². The largest absolute Gasteiger partial charge is 0.481 e. The van der Waals surface area contributed by atoms with Crippen LogP contribution in [0.5, 0.6) is 0 Å². The summed E-state index contributed by atoms with van der Waals surface area (Å²) in [7, 11) is 0. The molecule has 1 heterocycles. The number of hydrogen-bond donors (Lipinski definition) is 1. The van der Waals surface area contributed by atoms with Gasteiger partial charge in [-0.15, -0.1) is 0 Å². The predicted molar refractivity (Wildman–Crippen MR) is 88.2 cm³/mol. The Morgan fingerprint density at radius 3 is 2.78 bits per heavy atom. The summed E-state index contributed by atoms with van der Waals surface area (Å²) in [6.45, 7) is 0. The molecule has 23 heavy (non-hydrogen) atoms. The summed E-state index contributed by atoms with van der Waals surface area (Å²) in [4.78, 5) is 15.4. The fraction of sp³-hybridized carbons (Fsp3) is 0.0588. The number of halogens is 2. The summed E-state index contributed by atoms with van der Waals surface area (Å²) < 4.78 is 19.2. The summed E-state index contributed by atoms with van der Waals surface area (Å²) >= 11 is 3.11. The van der Waals surface area contributed by atoms with Crippen molar-refractivity contribution in [3.05, 3.63) is 64.2 Å². The Labute approximate surface area is 139 Å². The number of rotatable bonds is 4. The van der Waals surface area contributed by atoms with Crippen LogP contribution in [0, 0.1) is 5.82 Å². The number of carboxylic acid groups (broad SMARTS) is 1. The van der Waals surface area contributed by atoms with Gasteiger partial charge in [-0.3, -0.25) is 4.79 Å². The minimum absolute atomic E-state index is 0.244. The maximum atomic E-state index is 13.3. The molecule has 2 aromatic carbocycles. The van der Waals surface area contributed by atoms with Crippen LogP contribution in [0.1, 0.15) is 17.9 Å². The number of carbonyl (C=O) groups is 1. The van der Waals surface area contributed by atoms with E-state index in [-0.39, 0.29) is 18.1 Å². The molecule has 0 saturated heterocycles. The number of benzene rings is 2. The van der Waals surface area contributed by atoms with Gasteiger partial charge in [-0.05, 0) is 51.8 Å². The van der Waals surface area contributed by atoms with Gasteiger partial charge in [0.05, 0.1) is 10.9 Å². The SMILES string of the molecule is O=C(O)C/C(=C/c1ccc(F)c(Br)c1)c1nc2ccccc2o1. The highest BCUT2D eigenvalue weighted by Crippen LogP contribution is 2.26. The second-order valence-corrected chi connectivity index (χ2v) is 5.75. The number of nitrogens with zero attached hydrogens (tertiary/aromatic N) is 1. The second-order valence-electron chi connectivity index (χ2n) is 4.90. The normalized spacial score (nSPS) is 11.8. The van der Waals surface area contributed by atoms with Crippen LogP contribution >= 0.6 is 15.9 Å².